The van der Waals surface area contributed by atoms with Crippen LogP contribution < -0.4 is 0 Å². The van der Waals surface area contributed by atoms with Gasteiger partial charge in [0.2, 0.25) is 0 Å². The molecule has 0 aliphatic carbocycles. The van der Waals surface area contributed by atoms with Gasteiger partial charge in [0.1, 0.15) is 0 Å². The van der Waals surface area contributed by atoms with Crippen LogP contribution in [-0.4, -0.2) is 62.0 Å². The Morgan fingerprint density at radius 2 is 2.29 bits per heavy atom. The van der Waals surface area contributed by atoms with E-state index in [-0.39, 0.29) is 18.8 Å². The van der Waals surface area contributed by atoms with E-state index >= 15 is 0 Å². The van der Waals surface area contributed by atoms with Crippen LogP contribution in [0.15, 0.2) is 24.4 Å². The first kappa shape index (κ1) is 19.8. The lowest BCUT2D eigenvalue weighted by Crippen LogP contribution is -2.50. The van der Waals surface area contributed by atoms with Gasteiger partial charge in [0, 0.05) is 30.4 Å². The Morgan fingerprint density at radius 3 is 3.07 bits per heavy atom. The summed E-state index contributed by atoms with van der Waals surface area (Å²) in [5.41, 5.74) is 3.21. The van der Waals surface area contributed by atoms with E-state index in [0.29, 0.717) is 12.6 Å². The molecule has 28 heavy (non-hydrogen) atoms. The van der Waals surface area contributed by atoms with E-state index in [1.165, 1.54) is 11.1 Å². The van der Waals surface area contributed by atoms with Gasteiger partial charge in [0.15, 0.2) is 0 Å². The smallest absolute Gasteiger partial charge is 0.0967 e. The second-order valence-corrected chi connectivity index (χ2v) is 8.37. The molecule has 2 aliphatic rings. The highest BCUT2D eigenvalue weighted by Crippen LogP contribution is 2.44. The minimum atomic E-state index is -0.821. The normalized spacial score (nSPS) is 26.4. The van der Waals surface area contributed by atoms with Gasteiger partial charge in [0.05, 0.1) is 37.2 Å². The molecule has 7 nitrogen and oxygen atoms in total. The van der Waals surface area contributed by atoms with Crippen LogP contribution in [0.25, 0.3) is 0 Å². The van der Waals surface area contributed by atoms with Gasteiger partial charge in [0.25, 0.3) is 0 Å². The largest absolute Gasteiger partial charge is 0.394 e. The number of aliphatic hydroxyl groups is 2. The number of fused-ring (bicyclic) bond motifs is 2. The van der Waals surface area contributed by atoms with Crippen LogP contribution in [0.5, 0.6) is 0 Å². The molecule has 0 amide bonds. The molecule has 1 unspecified atom stereocenters. The molecule has 1 spiro atoms. The number of rotatable bonds is 5. The molecule has 0 bridgehead atoms. The third-order valence-electron chi connectivity index (χ3n) is 5.92. The Balaban J connectivity index is 1.45. The van der Waals surface area contributed by atoms with Crippen molar-refractivity contribution in [3.63, 3.8) is 0 Å². The first-order chi connectivity index (χ1) is 13.5. The summed E-state index contributed by atoms with van der Waals surface area (Å²) in [6.07, 6.45) is 3.79. The Hall–Kier alpha value is -1.51. The molecule has 2 aliphatic heterocycles. The van der Waals surface area contributed by atoms with Crippen LogP contribution in [0, 0.1) is 0 Å². The first-order valence-electron chi connectivity index (χ1n) is 9.84. The third-order valence-corrected chi connectivity index (χ3v) is 6.16. The van der Waals surface area contributed by atoms with Gasteiger partial charge >= 0.3 is 0 Å². The summed E-state index contributed by atoms with van der Waals surface area (Å²) >= 11 is 6.28. The van der Waals surface area contributed by atoms with Crippen LogP contribution >= 0.6 is 11.6 Å². The maximum absolute atomic E-state index is 9.55. The number of likely N-dealkylation sites (tertiary alicyclic amines) is 1. The highest BCUT2D eigenvalue weighted by molar-refractivity contribution is 6.30. The van der Waals surface area contributed by atoms with Crippen molar-refractivity contribution in [3.05, 3.63) is 46.2 Å². The average Bonchev–Trinajstić information content (AvgIpc) is 3.12. The Labute approximate surface area is 169 Å². The zero-order chi connectivity index (χ0) is 19.7. The summed E-state index contributed by atoms with van der Waals surface area (Å²) in [6, 6.07) is 6.51. The summed E-state index contributed by atoms with van der Waals surface area (Å²) < 4.78 is 7.93. The number of hydrogen-bond acceptors (Lipinski definition) is 6. The summed E-state index contributed by atoms with van der Waals surface area (Å²) in [6.45, 7) is 4.54. The summed E-state index contributed by atoms with van der Waals surface area (Å²) in [7, 11) is 0. The lowest BCUT2D eigenvalue weighted by atomic mass is 9.77. The fourth-order valence-corrected chi connectivity index (χ4v) is 4.64. The molecule has 1 aromatic heterocycles. The molecular formula is C20H27ClN4O3. The maximum Gasteiger partial charge on any atom is 0.0967 e. The SMILES string of the molecule is C[C@H]1C[C@@]2(CCN1Cc1cn(CC(O)CO)nn1)OCCc1ccc(Cl)cc12. The molecule has 1 aromatic carbocycles. The van der Waals surface area contributed by atoms with E-state index < -0.39 is 6.10 Å². The monoisotopic (exact) mass is 406 g/mol. The van der Waals surface area contributed by atoms with Crippen molar-refractivity contribution >= 4 is 11.6 Å². The number of aliphatic hydroxyl groups excluding tert-OH is 2. The van der Waals surface area contributed by atoms with Gasteiger partial charge in [-0.05, 0) is 49.4 Å². The second-order valence-electron chi connectivity index (χ2n) is 7.94. The average molecular weight is 407 g/mol. The Kier molecular flexibility index (Phi) is 5.71. The molecule has 4 rings (SSSR count). The molecule has 2 aromatic rings. The number of nitrogens with zero attached hydrogens (tertiary/aromatic N) is 4. The number of hydrogen-bond donors (Lipinski definition) is 2. The van der Waals surface area contributed by atoms with Gasteiger partial charge in [-0.15, -0.1) is 5.10 Å². The van der Waals surface area contributed by atoms with Crippen molar-refractivity contribution in [3.8, 4) is 0 Å². The molecule has 2 N–H and O–H groups in total. The van der Waals surface area contributed by atoms with Crippen molar-refractivity contribution in [2.45, 2.75) is 57.0 Å². The van der Waals surface area contributed by atoms with Crippen molar-refractivity contribution in [1.29, 1.82) is 0 Å². The topological polar surface area (TPSA) is 83.6 Å². The van der Waals surface area contributed by atoms with Crippen LogP contribution in [0.3, 0.4) is 0 Å². The van der Waals surface area contributed by atoms with Crippen LogP contribution in [0.4, 0.5) is 0 Å². The lowest BCUT2D eigenvalue weighted by molar-refractivity contribution is -0.113. The molecule has 0 saturated carbocycles. The number of aromatic nitrogens is 3. The maximum atomic E-state index is 9.55. The van der Waals surface area contributed by atoms with E-state index in [1.807, 2.05) is 12.3 Å². The van der Waals surface area contributed by atoms with Crippen LogP contribution in [0.1, 0.15) is 36.6 Å². The number of ether oxygens (including phenoxy) is 1. The van der Waals surface area contributed by atoms with Gasteiger partial charge in [-0.2, -0.15) is 0 Å². The van der Waals surface area contributed by atoms with Gasteiger partial charge in [-0.3, -0.25) is 4.90 Å². The molecule has 3 heterocycles. The Morgan fingerprint density at radius 1 is 1.43 bits per heavy atom. The van der Waals surface area contributed by atoms with Crippen molar-refractivity contribution < 1.29 is 14.9 Å². The first-order valence-corrected chi connectivity index (χ1v) is 10.2. The fourth-order valence-electron chi connectivity index (χ4n) is 4.47. The van der Waals surface area contributed by atoms with Crippen molar-refractivity contribution in [2.75, 3.05) is 19.8 Å². The lowest BCUT2D eigenvalue weighted by Gasteiger charge is -2.48. The Bertz CT molecular complexity index is 830. The highest BCUT2D eigenvalue weighted by atomic mass is 35.5. The van der Waals surface area contributed by atoms with E-state index in [4.69, 9.17) is 21.4 Å². The summed E-state index contributed by atoms with van der Waals surface area (Å²) in [5.74, 6) is 0. The molecule has 152 valence electrons. The fraction of sp³-hybridized carbons (Fsp3) is 0.600. The van der Waals surface area contributed by atoms with Gasteiger partial charge < -0.3 is 14.9 Å². The predicted molar refractivity (Wildman–Crippen MR) is 105 cm³/mol. The minimum Gasteiger partial charge on any atom is -0.394 e. The van der Waals surface area contributed by atoms with Crippen LogP contribution in [-0.2, 0) is 29.8 Å². The van der Waals surface area contributed by atoms with E-state index in [2.05, 4.69) is 34.3 Å². The number of halogens is 1. The van der Waals surface area contributed by atoms with Gasteiger partial charge in [-0.25, -0.2) is 4.68 Å². The second kappa shape index (κ2) is 8.08. The van der Waals surface area contributed by atoms with E-state index in [9.17, 15) is 5.11 Å². The quantitative estimate of drug-likeness (QED) is 0.786. The van der Waals surface area contributed by atoms with E-state index in [1.54, 1.807) is 4.68 Å². The van der Waals surface area contributed by atoms with Crippen molar-refractivity contribution in [1.82, 2.24) is 19.9 Å². The molecule has 3 atom stereocenters. The zero-order valence-electron chi connectivity index (χ0n) is 16.1. The molecule has 0 radical (unpaired) electrons. The van der Waals surface area contributed by atoms with Gasteiger partial charge in [-0.1, -0.05) is 22.9 Å². The molecule has 8 heteroatoms. The molecule has 1 saturated heterocycles. The van der Waals surface area contributed by atoms with E-state index in [0.717, 1.165) is 43.1 Å². The number of piperidine rings is 1. The predicted octanol–water partition coefficient (Wildman–Crippen LogP) is 1.74. The van der Waals surface area contributed by atoms with Crippen LogP contribution in [0.2, 0.25) is 5.02 Å². The molecule has 1 fully saturated rings. The molecular weight excluding hydrogens is 380 g/mol. The summed E-state index contributed by atoms with van der Waals surface area (Å²) in [4.78, 5) is 2.39. The van der Waals surface area contributed by atoms with Crippen molar-refractivity contribution in [2.24, 2.45) is 0 Å². The number of benzene rings is 1. The minimum absolute atomic E-state index is 0.244. The third kappa shape index (κ3) is 3.95. The zero-order valence-corrected chi connectivity index (χ0v) is 16.8. The standard InChI is InChI=1S/C20H27ClN4O3/c1-14-9-20(19-8-16(21)3-2-15(19)4-7-28-20)5-6-24(14)10-17-11-25(23-22-17)12-18(27)13-26/h2-3,8,11,14,18,26-27H,4-7,9-10,12-13H2,1H3/t14-,18?,20+/m0/s1. The highest BCUT2D eigenvalue weighted by Gasteiger charge is 2.43. The summed E-state index contributed by atoms with van der Waals surface area (Å²) in [5, 5.41) is 27.5.